The summed E-state index contributed by atoms with van der Waals surface area (Å²) in [5.41, 5.74) is 3.26. The number of nitrogens with one attached hydrogen (secondary N) is 1. The summed E-state index contributed by atoms with van der Waals surface area (Å²) < 4.78 is 5.17. The Labute approximate surface area is 138 Å². The van der Waals surface area contributed by atoms with E-state index < -0.39 is 0 Å². The van der Waals surface area contributed by atoms with Crippen molar-refractivity contribution in [3.05, 3.63) is 65.3 Å². The summed E-state index contributed by atoms with van der Waals surface area (Å²) in [7, 11) is 1.66. The molecule has 5 heteroatoms. The van der Waals surface area contributed by atoms with Crippen LogP contribution in [-0.2, 0) is 5.75 Å². The van der Waals surface area contributed by atoms with Crippen molar-refractivity contribution in [3.63, 3.8) is 0 Å². The highest BCUT2D eigenvalue weighted by Crippen LogP contribution is 2.26. The van der Waals surface area contributed by atoms with Gasteiger partial charge in [-0.05, 0) is 47.5 Å². The van der Waals surface area contributed by atoms with E-state index in [2.05, 4.69) is 16.0 Å². The molecular formula is C17H15ClN2OS. The van der Waals surface area contributed by atoms with Crippen molar-refractivity contribution in [2.24, 2.45) is 0 Å². The van der Waals surface area contributed by atoms with Gasteiger partial charge in [-0.15, -0.1) is 0 Å². The molecule has 0 saturated carbocycles. The van der Waals surface area contributed by atoms with Gasteiger partial charge in [0, 0.05) is 10.8 Å². The van der Waals surface area contributed by atoms with Gasteiger partial charge in [0.25, 0.3) is 0 Å². The van der Waals surface area contributed by atoms with E-state index in [0.29, 0.717) is 0 Å². The fourth-order valence-corrected chi connectivity index (χ4v) is 3.08. The smallest absolute Gasteiger partial charge is 0.166 e. The van der Waals surface area contributed by atoms with Crippen molar-refractivity contribution in [2.45, 2.75) is 10.9 Å². The molecule has 0 unspecified atom stereocenters. The van der Waals surface area contributed by atoms with Gasteiger partial charge in [-0.25, -0.2) is 4.98 Å². The van der Waals surface area contributed by atoms with Crippen LogP contribution < -0.4 is 4.74 Å². The van der Waals surface area contributed by atoms with Gasteiger partial charge in [0.2, 0.25) is 0 Å². The van der Waals surface area contributed by atoms with Crippen LogP contribution in [0.25, 0.3) is 11.3 Å². The Hall–Kier alpha value is -1.91. The van der Waals surface area contributed by atoms with Crippen LogP contribution in [0.4, 0.5) is 0 Å². The molecule has 0 atom stereocenters. The molecule has 1 heterocycles. The molecule has 0 fully saturated rings. The normalized spacial score (nSPS) is 10.6. The van der Waals surface area contributed by atoms with Crippen LogP contribution in [-0.4, -0.2) is 17.1 Å². The van der Waals surface area contributed by atoms with Crippen LogP contribution in [0.1, 0.15) is 5.56 Å². The van der Waals surface area contributed by atoms with E-state index in [9.17, 15) is 0 Å². The Morgan fingerprint density at radius 1 is 1.18 bits per heavy atom. The van der Waals surface area contributed by atoms with E-state index in [4.69, 9.17) is 16.3 Å². The number of halogens is 1. The summed E-state index contributed by atoms with van der Waals surface area (Å²) >= 11 is 7.65. The van der Waals surface area contributed by atoms with Crippen LogP contribution in [0, 0.1) is 0 Å². The predicted octanol–water partition coefficient (Wildman–Crippen LogP) is 5.03. The first kappa shape index (κ1) is 15.0. The molecule has 0 aliphatic rings. The predicted molar refractivity (Wildman–Crippen MR) is 91.6 cm³/mol. The van der Waals surface area contributed by atoms with Gasteiger partial charge in [-0.3, -0.25) is 0 Å². The van der Waals surface area contributed by atoms with Gasteiger partial charge in [0.1, 0.15) is 5.75 Å². The van der Waals surface area contributed by atoms with Gasteiger partial charge in [0.05, 0.1) is 19.0 Å². The number of nitrogens with zero attached hydrogens (tertiary/aromatic N) is 1. The number of H-pyrrole nitrogens is 1. The number of ether oxygens (including phenoxy) is 1. The molecule has 0 saturated heterocycles. The highest BCUT2D eigenvalue weighted by Gasteiger charge is 2.05. The lowest BCUT2D eigenvalue weighted by atomic mass is 10.2. The van der Waals surface area contributed by atoms with E-state index >= 15 is 0 Å². The van der Waals surface area contributed by atoms with Gasteiger partial charge in [-0.2, -0.15) is 0 Å². The first-order chi connectivity index (χ1) is 10.7. The molecule has 112 valence electrons. The van der Waals surface area contributed by atoms with E-state index in [1.54, 1.807) is 18.9 Å². The number of methoxy groups -OCH3 is 1. The Bertz CT molecular complexity index is 755. The fourth-order valence-electron chi connectivity index (χ4n) is 2.07. The molecule has 3 rings (SSSR count). The van der Waals surface area contributed by atoms with Gasteiger partial charge in [-0.1, -0.05) is 35.5 Å². The van der Waals surface area contributed by atoms with E-state index in [1.165, 1.54) is 5.56 Å². The van der Waals surface area contributed by atoms with Crippen molar-refractivity contribution in [1.29, 1.82) is 0 Å². The van der Waals surface area contributed by atoms with Gasteiger partial charge >= 0.3 is 0 Å². The number of imidazole rings is 1. The van der Waals surface area contributed by atoms with E-state index in [1.807, 2.05) is 48.7 Å². The number of hydrogen-bond acceptors (Lipinski definition) is 3. The first-order valence-electron chi connectivity index (χ1n) is 6.81. The van der Waals surface area contributed by atoms with E-state index in [0.717, 1.165) is 32.9 Å². The molecule has 1 aromatic heterocycles. The fraction of sp³-hybridized carbons (Fsp3) is 0.118. The topological polar surface area (TPSA) is 37.9 Å². The summed E-state index contributed by atoms with van der Waals surface area (Å²) in [6.07, 6.45) is 1.85. The van der Waals surface area contributed by atoms with Crippen molar-refractivity contribution in [3.8, 4) is 17.0 Å². The zero-order valence-electron chi connectivity index (χ0n) is 12.0. The number of aromatic nitrogens is 2. The van der Waals surface area contributed by atoms with Crippen LogP contribution in [0.5, 0.6) is 5.75 Å². The van der Waals surface area contributed by atoms with Gasteiger partial charge < -0.3 is 9.72 Å². The third-order valence-corrected chi connectivity index (χ3v) is 4.41. The van der Waals surface area contributed by atoms with Crippen molar-refractivity contribution < 1.29 is 4.74 Å². The average molecular weight is 331 g/mol. The minimum atomic E-state index is 0.761. The lowest BCUT2D eigenvalue weighted by Crippen LogP contribution is -1.83. The van der Waals surface area contributed by atoms with Crippen LogP contribution in [0.15, 0.2) is 59.9 Å². The minimum Gasteiger partial charge on any atom is -0.497 e. The quantitative estimate of drug-likeness (QED) is 0.667. The summed E-state index contributed by atoms with van der Waals surface area (Å²) in [6, 6.07) is 15.8. The highest BCUT2D eigenvalue weighted by atomic mass is 35.5. The third kappa shape index (κ3) is 3.64. The minimum absolute atomic E-state index is 0.761. The number of rotatable bonds is 5. The number of benzene rings is 2. The van der Waals surface area contributed by atoms with E-state index in [-0.39, 0.29) is 0 Å². The van der Waals surface area contributed by atoms with Crippen LogP contribution >= 0.6 is 23.4 Å². The van der Waals surface area contributed by atoms with Crippen LogP contribution in [0.2, 0.25) is 5.02 Å². The summed E-state index contributed by atoms with van der Waals surface area (Å²) in [6.45, 7) is 0. The molecule has 0 aliphatic carbocycles. The maximum Gasteiger partial charge on any atom is 0.166 e. The Kier molecular flexibility index (Phi) is 4.71. The molecule has 1 N–H and O–H groups in total. The molecule has 2 aromatic carbocycles. The number of aromatic amines is 1. The standard InChI is InChI=1S/C17H15ClN2OS/c1-21-15-7-5-13(6-8-15)16-10-19-17(20-16)22-11-12-3-2-4-14(18)9-12/h2-10H,11H2,1H3,(H,19,20). The van der Waals surface area contributed by atoms with Crippen molar-refractivity contribution in [1.82, 2.24) is 9.97 Å². The zero-order valence-corrected chi connectivity index (χ0v) is 13.6. The Morgan fingerprint density at radius 2 is 2.00 bits per heavy atom. The Balaban J connectivity index is 1.68. The molecule has 0 bridgehead atoms. The number of hydrogen-bond donors (Lipinski definition) is 1. The maximum atomic E-state index is 5.99. The van der Waals surface area contributed by atoms with Crippen molar-refractivity contribution in [2.75, 3.05) is 7.11 Å². The van der Waals surface area contributed by atoms with Crippen molar-refractivity contribution >= 4 is 23.4 Å². The summed E-state index contributed by atoms with van der Waals surface area (Å²) in [4.78, 5) is 7.75. The number of thioether (sulfide) groups is 1. The molecule has 0 radical (unpaired) electrons. The lowest BCUT2D eigenvalue weighted by Gasteiger charge is -2.01. The molecule has 22 heavy (non-hydrogen) atoms. The molecular weight excluding hydrogens is 316 g/mol. The zero-order chi connectivity index (χ0) is 15.4. The molecule has 0 aliphatic heterocycles. The molecule has 3 nitrogen and oxygen atoms in total. The first-order valence-corrected chi connectivity index (χ1v) is 8.17. The largest absolute Gasteiger partial charge is 0.497 e. The summed E-state index contributed by atoms with van der Waals surface area (Å²) in [5.74, 6) is 1.68. The monoisotopic (exact) mass is 330 g/mol. The molecule has 0 amide bonds. The second kappa shape index (κ2) is 6.90. The second-order valence-corrected chi connectivity index (χ2v) is 6.15. The van der Waals surface area contributed by atoms with Gasteiger partial charge in [0.15, 0.2) is 5.16 Å². The lowest BCUT2D eigenvalue weighted by molar-refractivity contribution is 0.415. The maximum absolute atomic E-state index is 5.99. The second-order valence-electron chi connectivity index (χ2n) is 4.75. The Morgan fingerprint density at radius 3 is 2.73 bits per heavy atom. The summed E-state index contributed by atoms with van der Waals surface area (Å²) in [5, 5.41) is 1.65. The molecule has 0 spiro atoms. The average Bonchev–Trinajstić information content (AvgIpc) is 3.02. The van der Waals surface area contributed by atoms with Crippen LogP contribution in [0.3, 0.4) is 0 Å². The molecule has 3 aromatic rings. The highest BCUT2D eigenvalue weighted by molar-refractivity contribution is 7.98. The SMILES string of the molecule is COc1ccc(-c2cnc(SCc3cccc(Cl)c3)[nH]2)cc1. The third-order valence-electron chi connectivity index (χ3n) is 3.22.